The second kappa shape index (κ2) is 7.14. The molecule has 0 fully saturated rings. The van der Waals surface area contributed by atoms with E-state index in [2.05, 4.69) is 22.4 Å². The molecule has 1 aliphatic rings. The molecule has 0 spiro atoms. The van der Waals surface area contributed by atoms with Gasteiger partial charge in [-0.15, -0.1) is 10.2 Å². The Kier molecular flexibility index (Phi) is 4.97. The van der Waals surface area contributed by atoms with Gasteiger partial charge in [0, 0.05) is 6.42 Å². The van der Waals surface area contributed by atoms with Gasteiger partial charge in [-0.25, -0.2) is 0 Å². The third kappa shape index (κ3) is 3.92. The maximum absolute atomic E-state index is 12.1. The summed E-state index contributed by atoms with van der Waals surface area (Å²) in [6, 6.07) is 3.50. The molecule has 0 atom stereocenters. The number of hydrogen-bond donors (Lipinski definition) is 1. The third-order valence-corrected chi connectivity index (χ3v) is 4.38. The first kappa shape index (κ1) is 16.0. The van der Waals surface area contributed by atoms with Gasteiger partial charge in [0.05, 0.1) is 11.4 Å². The van der Waals surface area contributed by atoms with E-state index in [4.69, 9.17) is 21.1 Å². The number of nitrogens with one attached hydrogen (secondary N) is 1. The van der Waals surface area contributed by atoms with Gasteiger partial charge in [-0.05, 0) is 24.1 Å². The van der Waals surface area contributed by atoms with Crippen LogP contribution in [0.5, 0.6) is 11.5 Å². The van der Waals surface area contributed by atoms with E-state index in [0.29, 0.717) is 34.9 Å². The van der Waals surface area contributed by atoms with E-state index in [1.807, 2.05) is 0 Å². The zero-order chi connectivity index (χ0) is 16.2. The zero-order valence-corrected chi connectivity index (χ0v) is 14.2. The topological polar surface area (TPSA) is 73.3 Å². The van der Waals surface area contributed by atoms with Gasteiger partial charge in [0.15, 0.2) is 11.5 Å². The Hall–Kier alpha value is -1.86. The number of aromatic nitrogens is 2. The molecule has 8 heteroatoms. The quantitative estimate of drug-likeness (QED) is 0.894. The van der Waals surface area contributed by atoms with Crippen LogP contribution in [0.4, 0.5) is 5.13 Å². The zero-order valence-electron chi connectivity index (χ0n) is 12.6. The smallest absolute Gasteiger partial charge is 0.230 e. The summed E-state index contributed by atoms with van der Waals surface area (Å²) in [4.78, 5) is 12.1. The first-order chi connectivity index (χ1) is 11.2. The maximum atomic E-state index is 12.1. The van der Waals surface area contributed by atoms with Crippen LogP contribution < -0.4 is 14.8 Å². The first-order valence-electron chi connectivity index (χ1n) is 7.36. The van der Waals surface area contributed by atoms with Crippen LogP contribution in [0.2, 0.25) is 5.02 Å². The number of carbonyl (C=O) groups excluding carboxylic acids is 1. The fraction of sp³-hybridized carbons (Fsp3) is 0.400. The van der Waals surface area contributed by atoms with Crippen molar-refractivity contribution in [2.75, 3.05) is 18.5 Å². The standard InChI is InChI=1S/C15H16ClN3O3S/c1-2-3-13-18-19-15(23-13)17-12(20)8-9-6-10(16)14-11(7-9)21-4-5-22-14/h6-7H,2-5,8H2,1H3,(H,17,19,20). The molecular weight excluding hydrogens is 338 g/mol. The molecule has 122 valence electrons. The normalized spacial score (nSPS) is 13.0. The lowest BCUT2D eigenvalue weighted by Gasteiger charge is -2.20. The molecule has 0 bridgehead atoms. The van der Waals surface area contributed by atoms with Gasteiger partial charge >= 0.3 is 0 Å². The van der Waals surface area contributed by atoms with Crippen molar-refractivity contribution in [3.8, 4) is 11.5 Å². The summed E-state index contributed by atoms with van der Waals surface area (Å²) in [5.41, 5.74) is 0.759. The fourth-order valence-electron chi connectivity index (χ4n) is 2.23. The molecule has 0 saturated carbocycles. The van der Waals surface area contributed by atoms with Gasteiger partial charge < -0.3 is 14.8 Å². The van der Waals surface area contributed by atoms with Crippen molar-refractivity contribution in [2.24, 2.45) is 0 Å². The van der Waals surface area contributed by atoms with Crippen LogP contribution in [0, 0.1) is 0 Å². The summed E-state index contributed by atoms with van der Waals surface area (Å²) >= 11 is 7.57. The van der Waals surface area contributed by atoms with Crippen LogP contribution in [0.3, 0.4) is 0 Å². The lowest BCUT2D eigenvalue weighted by molar-refractivity contribution is -0.115. The van der Waals surface area contributed by atoms with E-state index in [-0.39, 0.29) is 12.3 Å². The number of amides is 1. The average molecular weight is 354 g/mol. The Morgan fingerprint density at radius 3 is 3.00 bits per heavy atom. The molecule has 6 nitrogen and oxygen atoms in total. The lowest BCUT2D eigenvalue weighted by Crippen LogP contribution is -2.17. The molecule has 23 heavy (non-hydrogen) atoms. The van der Waals surface area contributed by atoms with Crippen molar-refractivity contribution in [2.45, 2.75) is 26.2 Å². The van der Waals surface area contributed by atoms with Crippen molar-refractivity contribution in [3.05, 3.63) is 27.7 Å². The maximum Gasteiger partial charge on any atom is 0.230 e. The van der Waals surface area contributed by atoms with Crippen LogP contribution in [0.25, 0.3) is 0 Å². The number of hydrogen-bond acceptors (Lipinski definition) is 6. The van der Waals surface area contributed by atoms with Crippen molar-refractivity contribution >= 4 is 34.0 Å². The van der Waals surface area contributed by atoms with Crippen molar-refractivity contribution in [1.82, 2.24) is 10.2 Å². The van der Waals surface area contributed by atoms with E-state index >= 15 is 0 Å². The highest BCUT2D eigenvalue weighted by molar-refractivity contribution is 7.15. The van der Waals surface area contributed by atoms with Crippen LogP contribution >= 0.6 is 22.9 Å². The number of halogens is 1. The van der Waals surface area contributed by atoms with E-state index in [9.17, 15) is 4.79 Å². The molecule has 1 aromatic heterocycles. The van der Waals surface area contributed by atoms with Crippen molar-refractivity contribution in [3.63, 3.8) is 0 Å². The number of anilines is 1. The molecule has 2 heterocycles. The number of fused-ring (bicyclic) bond motifs is 1. The van der Waals surface area contributed by atoms with Crippen LogP contribution in [0.1, 0.15) is 23.9 Å². The largest absolute Gasteiger partial charge is 0.486 e. The number of nitrogens with zero attached hydrogens (tertiary/aromatic N) is 2. The molecular formula is C15H16ClN3O3S. The lowest BCUT2D eigenvalue weighted by atomic mass is 10.1. The second-order valence-corrected chi connectivity index (χ2v) is 6.55. The molecule has 0 saturated heterocycles. The molecule has 3 rings (SSSR count). The Morgan fingerprint density at radius 1 is 1.35 bits per heavy atom. The number of rotatable bonds is 5. The highest BCUT2D eigenvalue weighted by atomic mass is 35.5. The third-order valence-electron chi connectivity index (χ3n) is 3.20. The van der Waals surface area contributed by atoms with Gasteiger partial charge in [0.1, 0.15) is 18.2 Å². The van der Waals surface area contributed by atoms with Gasteiger partial charge in [-0.3, -0.25) is 4.79 Å². The monoisotopic (exact) mass is 353 g/mol. The Labute approximate surface area is 142 Å². The molecule has 2 aromatic rings. The van der Waals surface area contributed by atoms with Crippen molar-refractivity contribution < 1.29 is 14.3 Å². The number of ether oxygens (including phenoxy) is 2. The predicted molar refractivity (Wildman–Crippen MR) is 88.7 cm³/mol. The minimum absolute atomic E-state index is 0.169. The highest BCUT2D eigenvalue weighted by Gasteiger charge is 2.18. The van der Waals surface area contributed by atoms with Crippen LogP contribution in [-0.4, -0.2) is 29.3 Å². The average Bonchev–Trinajstić information content (AvgIpc) is 2.94. The first-order valence-corrected chi connectivity index (χ1v) is 8.55. The van der Waals surface area contributed by atoms with Gasteiger partial charge in [0.25, 0.3) is 0 Å². The second-order valence-electron chi connectivity index (χ2n) is 5.08. The minimum atomic E-state index is -0.169. The summed E-state index contributed by atoms with van der Waals surface area (Å²) in [5, 5.41) is 12.7. The van der Waals surface area contributed by atoms with E-state index in [0.717, 1.165) is 23.4 Å². The number of aryl methyl sites for hydroxylation is 1. The molecule has 1 amide bonds. The summed E-state index contributed by atoms with van der Waals surface area (Å²) in [5.74, 6) is 0.944. The molecule has 1 aliphatic heterocycles. The van der Waals surface area contributed by atoms with E-state index in [1.165, 1.54) is 11.3 Å². The van der Waals surface area contributed by atoms with E-state index < -0.39 is 0 Å². The molecule has 0 aliphatic carbocycles. The SMILES string of the molecule is CCCc1nnc(NC(=O)Cc2cc(Cl)c3c(c2)OCCO3)s1. The summed E-state index contributed by atoms with van der Waals surface area (Å²) in [6.07, 6.45) is 2.04. The molecule has 1 N–H and O–H groups in total. The van der Waals surface area contributed by atoms with Crippen LogP contribution in [-0.2, 0) is 17.6 Å². The fourth-order valence-corrected chi connectivity index (χ4v) is 3.38. The minimum Gasteiger partial charge on any atom is -0.486 e. The van der Waals surface area contributed by atoms with Gasteiger partial charge in [0.2, 0.25) is 11.0 Å². The summed E-state index contributed by atoms with van der Waals surface area (Å²) in [7, 11) is 0. The Bertz CT molecular complexity index is 720. The van der Waals surface area contributed by atoms with E-state index in [1.54, 1.807) is 12.1 Å². The highest BCUT2D eigenvalue weighted by Crippen LogP contribution is 2.38. The number of carbonyl (C=O) groups is 1. The Morgan fingerprint density at radius 2 is 2.17 bits per heavy atom. The molecule has 1 aromatic carbocycles. The summed E-state index contributed by atoms with van der Waals surface area (Å²) in [6.45, 7) is 3.03. The van der Waals surface area contributed by atoms with Crippen LogP contribution in [0.15, 0.2) is 12.1 Å². The predicted octanol–water partition coefficient (Wildman–Crippen LogP) is 3.10. The van der Waals surface area contributed by atoms with Gasteiger partial charge in [-0.1, -0.05) is 29.9 Å². The Balaban J connectivity index is 1.66. The van der Waals surface area contributed by atoms with Crippen molar-refractivity contribution in [1.29, 1.82) is 0 Å². The summed E-state index contributed by atoms with van der Waals surface area (Å²) < 4.78 is 11.0. The number of benzene rings is 1. The van der Waals surface area contributed by atoms with Gasteiger partial charge in [-0.2, -0.15) is 0 Å². The molecule has 0 unspecified atom stereocenters. The molecule has 0 radical (unpaired) electrons.